The van der Waals surface area contributed by atoms with Crippen LogP contribution in [0, 0.1) is 6.92 Å². The van der Waals surface area contributed by atoms with Crippen LogP contribution in [0.1, 0.15) is 22.9 Å². The number of aryl methyl sites for hydroxylation is 1. The Kier molecular flexibility index (Phi) is 3.71. The number of hydrogen-bond acceptors (Lipinski definition) is 2. The van der Waals surface area contributed by atoms with Crippen LogP contribution >= 0.6 is 27.3 Å². The molecule has 1 unspecified atom stereocenters. The molecule has 1 aromatic heterocycles. The number of hydrogen-bond donors (Lipinski definition) is 1. The van der Waals surface area contributed by atoms with E-state index in [1.54, 1.807) is 11.3 Å². The summed E-state index contributed by atoms with van der Waals surface area (Å²) in [5.74, 6) is 0. The van der Waals surface area contributed by atoms with E-state index >= 15 is 0 Å². The average Bonchev–Trinajstić information content (AvgIpc) is 2.63. The quantitative estimate of drug-likeness (QED) is 0.902. The Morgan fingerprint density at radius 1 is 1.24 bits per heavy atom. The normalized spacial score (nSPS) is 14.6. The van der Waals surface area contributed by atoms with Gasteiger partial charge in [0.05, 0.1) is 3.79 Å². The lowest BCUT2D eigenvalue weighted by Crippen LogP contribution is -2.35. The van der Waals surface area contributed by atoms with Gasteiger partial charge in [-0.2, -0.15) is 0 Å². The molecule has 0 aliphatic rings. The van der Waals surface area contributed by atoms with E-state index in [1.165, 1.54) is 16.0 Å². The fourth-order valence-electron chi connectivity index (χ4n) is 2.12. The van der Waals surface area contributed by atoms with Crippen molar-refractivity contribution in [2.75, 3.05) is 0 Å². The van der Waals surface area contributed by atoms with Gasteiger partial charge >= 0.3 is 0 Å². The Balaban J connectivity index is 2.27. The summed E-state index contributed by atoms with van der Waals surface area (Å²) in [6, 6.07) is 12.6. The lowest BCUT2D eigenvalue weighted by molar-refractivity contribution is 0.492. The Labute approximate surface area is 115 Å². The molecule has 1 nitrogen and oxygen atoms in total. The largest absolute Gasteiger partial charge is 0.321 e. The summed E-state index contributed by atoms with van der Waals surface area (Å²) in [5.41, 5.74) is 8.65. The van der Waals surface area contributed by atoms with Gasteiger partial charge in [0.25, 0.3) is 0 Å². The third-order valence-corrected chi connectivity index (χ3v) is 4.55. The van der Waals surface area contributed by atoms with Crippen molar-refractivity contribution in [1.29, 1.82) is 0 Å². The molecule has 1 atom stereocenters. The second-order valence-electron chi connectivity index (χ2n) is 4.61. The first-order chi connectivity index (χ1) is 7.99. The number of thiophene rings is 1. The highest BCUT2D eigenvalue weighted by molar-refractivity contribution is 9.11. The molecule has 0 amide bonds. The van der Waals surface area contributed by atoms with Crippen molar-refractivity contribution in [1.82, 2.24) is 0 Å². The van der Waals surface area contributed by atoms with Crippen molar-refractivity contribution in [2.24, 2.45) is 5.73 Å². The van der Waals surface area contributed by atoms with E-state index in [9.17, 15) is 0 Å². The maximum absolute atomic E-state index is 6.47. The molecule has 0 saturated carbocycles. The van der Waals surface area contributed by atoms with Crippen LogP contribution in [0.15, 0.2) is 40.2 Å². The van der Waals surface area contributed by atoms with Gasteiger partial charge in [-0.25, -0.2) is 0 Å². The molecule has 0 aliphatic carbocycles. The first-order valence-electron chi connectivity index (χ1n) is 5.58. The lowest BCUT2D eigenvalue weighted by Gasteiger charge is -2.26. The van der Waals surface area contributed by atoms with Gasteiger partial charge in [-0.1, -0.05) is 24.3 Å². The zero-order chi connectivity index (χ0) is 12.5. The second-order valence-corrected chi connectivity index (χ2v) is 7.16. The maximum Gasteiger partial charge on any atom is 0.0701 e. The summed E-state index contributed by atoms with van der Waals surface area (Å²) in [6.07, 6.45) is 0.869. The fourth-order valence-corrected chi connectivity index (χ4v) is 3.77. The number of benzene rings is 1. The molecule has 1 aromatic carbocycles. The molecular weight excluding hydrogens is 294 g/mol. The van der Waals surface area contributed by atoms with Crippen molar-refractivity contribution >= 4 is 27.3 Å². The van der Waals surface area contributed by atoms with E-state index in [0.717, 1.165) is 10.2 Å². The molecule has 0 radical (unpaired) electrons. The van der Waals surface area contributed by atoms with Gasteiger partial charge < -0.3 is 5.73 Å². The SMILES string of the molecule is Cc1ccccc1C(C)(N)Cc1ccc(Br)s1. The molecule has 0 saturated heterocycles. The molecule has 90 valence electrons. The van der Waals surface area contributed by atoms with Crippen LogP contribution in [-0.2, 0) is 12.0 Å². The van der Waals surface area contributed by atoms with Gasteiger partial charge in [0.2, 0.25) is 0 Å². The second kappa shape index (κ2) is 4.92. The molecular formula is C14H16BrNS. The summed E-state index contributed by atoms with van der Waals surface area (Å²) in [5, 5.41) is 0. The Morgan fingerprint density at radius 2 is 1.94 bits per heavy atom. The summed E-state index contributed by atoms with van der Waals surface area (Å²) in [4.78, 5) is 1.31. The molecule has 3 heteroatoms. The van der Waals surface area contributed by atoms with Crippen LogP contribution in [0.25, 0.3) is 0 Å². The fraction of sp³-hybridized carbons (Fsp3) is 0.286. The summed E-state index contributed by atoms with van der Waals surface area (Å²) in [7, 11) is 0. The zero-order valence-electron chi connectivity index (χ0n) is 10.0. The molecule has 0 fully saturated rings. The molecule has 2 N–H and O–H groups in total. The minimum absolute atomic E-state index is 0.310. The van der Waals surface area contributed by atoms with E-state index in [2.05, 4.69) is 66.2 Å². The smallest absolute Gasteiger partial charge is 0.0701 e. The van der Waals surface area contributed by atoms with Gasteiger partial charge in [-0.05, 0) is 53.0 Å². The molecule has 17 heavy (non-hydrogen) atoms. The Bertz CT molecular complexity index is 516. The van der Waals surface area contributed by atoms with Gasteiger partial charge in [-0.3, -0.25) is 0 Å². The first kappa shape index (κ1) is 12.8. The van der Waals surface area contributed by atoms with Crippen molar-refractivity contribution in [3.05, 3.63) is 56.2 Å². The van der Waals surface area contributed by atoms with Gasteiger partial charge in [0.15, 0.2) is 0 Å². The first-order valence-corrected chi connectivity index (χ1v) is 7.19. The third-order valence-electron chi connectivity index (χ3n) is 2.93. The predicted octanol–water partition coefficient (Wildman–Crippen LogP) is 4.24. The minimum atomic E-state index is -0.310. The average molecular weight is 310 g/mol. The molecule has 0 aliphatic heterocycles. The minimum Gasteiger partial charge on any atom is -0.321 e. The van der Waals surface area contributed by atoms with Gasteiger partial charge in [0.1, 0.15) is 0 Å². The van der Waals surface area contributed by atoms with Crippen LogP contribution in [-0.4, -0.2) is 0 Å². The molecule has 2 rings (SSSR count). The Morgan fingerprint density at radius 3 is 2.53 bits per heavy atom. The van der Waals surface area contributed by atoms with E-state index in [4.69, 9.17) is 5.73 Å². The molecule has 1 heterocycles. The Hall–Kier alpha value is -0.640. The van der Waals surface area contributed by atoms with E-state index in [-0.39, 0.29) is 5.54 Å². The maximum atomic E-state index is 6.47. The van der Waals surface area contributed by atoms with E-state index in [1.807, 2.05) is 0 Å². The van der Waals surface area contributed by atoms with Crippen LogP contribution in [0.5, 0.6) is 0 Å². The van der Waals surface area contributed by atoms with Crippen molar-refractivity contribution in [2.45, 2.75) is 25.8 Å². The van der Waals surface area contributed by atoms with Crippen molar-refractivity contribution in [3.63, 3.8) is 0 Å². The summed E-state index contributed by atoms with van der Waals surface area (Å²) < 4.78 is 1.16. The standard InChI is InChI=1S/C14H16BrNS/c1-10-5-3-4-6-12(10)14(2,16)9-11-7-8-13(15)17-11/h3-8H,9,16H2,1-2H3. The van der Waals surface area contributed by atoms with Crippen LogP contribution in [0.4, 0.5) is 0 Å². The summed E-state index contributed by atoms with van der Waals surface area (Å²) in [6.45, 7) is 4.22. The van der Waals surface area contributed by atoms with Crippen LogP contribution < -0.4 is 5.73 Å². The van der Waals surface area contributed by atoms with Crippen LogP contribution in [0.3, 0.4) is 0 Å². The summed E-state index contributed by atoms with van der Waals surface area (Å²) >= 11 is 5.24. The third kappa shape index (κ3) is 2.97. The lowest BCUT2D eigenvalue weighted by atomic mass is 9.86. The monoisotopic (exact) mass is 309 g/mol. The van der Waals surface area contributed by atoms with Gasteiger partial charge in [-0.15, -0.1) is 11.3 Å². The van der Waals surface area contributed by atoms with E-state index in [0.29, 0.717) is 0 Å². The highest BCUT2D eigenvalue weighted by Crippen LogP contribution is 2.30. The highest BCUT2D eigenvalue weighted by Gasteiger charge is 2.23. The number of nitrogens with two attached hydrogens (primary N) is 1. The topological polar surface area (TPSA) is 26.0 Å². The van der Waals surface area contributed by atoms with Crippen molar-refractivity contribution < 1.29 is 0 Å². The zero-order valence-corrected chi connectivity index (χ0v) is 12.4. The predicted molar refractivity (Wildman–Crippen MR) is 78.4 cm³/mol. The van der Waals surface area contributed by atoms with Crippen LogP contribution in [0.2, 0.25) is 0 Å². The number of halogens is 1. The molecule has 0 bridgehead atoms. The number of rotatable bonds is 3. The highest BCUT2D eigenvalue weighted by atomic mass is 79.9. The van der Waals surface area contributed by atoms with Crippen molar-refractivity contribution in [3.8, 4) is 0 Å². The molecule has 2 aromatic rings. The van der Waals surface area contributed by atoms with Gasteiger partial charge in [0, 0.05) is 16.8 Å². The molecule has 0 spiro atoms. The van der Waals surface area contributed by atoms with E-state index < -0.39 is 0 Å².